The summed E-state index contributed by atoms with van der Waals surface area (Å²) in [6.45, 7) is 0.0135. The fourth-order valence-electron chi connectivity index (χ4n) is 2.98. The molecule has 0 fully saturated rings. The number of aromatic nitrogens is 3. The molecule has 4 aromatic rings. The number of benzene rings is 2. The van der Waals surface area contributed by atoms with Gasteiger partial charge in [-0.2, -0.15) is 0 Å². The van der Waals surface area contributed by atoms with Gasteiger partial charge in [0.15, 0.2) is 11.7 Å². The van der Waals surface area contributed by atoms with Gasteiger partial charge in [0.05, 0.1) is 22.4 Å². The molecular weight excluding hydrogens is 390 g/mol. The van der Waals surface area contributed by atoms with Crippen LogP contribution in [0, 0.1) is 0 Å². The zero-order chi connectivity index (χ0) is 19.8. The number of carbonyl (C=O) groups excluding carboxylic acids is 2. The molecule has 0 saturated carbocycles. The molecule has 0 aliphatic carbocycles. The van der Waals surface area contributed by atoms with Crippen LogP contribution in [0.15, 0.2) is 54.2 Å². The first-order chi connectivity index (χ1) is 14.2. The molecule has 2 amide bonds. The summed E-state index contributed by atoms with van der Waals surface area (Å²) in [7, 11) is 0. The quantitative estimate of drug-likeness (QED) is 0.543. The van der Waals surface area contributed by atoms with Crippen LogP contribution in [0.25, 0.3) is 22.3 Å². The topological polar surface area (TPSA) is 106 Å². The predicted octanol–water partition coefficient (Wildman–Crippen LogP) is 3.34. The summed E-state index contributed by atoms with van der Waals surface area (Å²) in [6.07, 6.45) is 3.20. The van der Waals surface area contributed by atoms with Gasteiger partial charge in [-0.05, 0) is 36.4 Å². The van der Waals surface area contributed by atoms with Gasteiger partial charge in [-0.1, -0.05) is 0 Å². The number of thiazole rings is 1. The van der Waals surface area contributed by atoms with E-state index in [2.05, 4.69) is 25.6 Å². The average molecular weight is 403 g/mol. The molecule has 1 aliphatic rings. The Hall–Kier alpha value is -3.85. The van der Waals surface area contributed by atoms with E-state index in [0.29, 0.717) is 33.3 Å². The van der Waals surface area contributed by atoms with Crippen molar-refractivity contribution in [2.45, 2.75) is 0 Å². The van der Waals surface area contributed by atoms with Crippen molar-refractivity contribution >= 4 is 45.0 Å². The van der Waals surface area contributed by atoms with Gasteiger partial charge in [0.25, 0.3) is 11.8 Å². The van der Waals surface area contributed by atoms with E-state index in [1.165, 1.54) is 11.3 Å². The Balaban J connectivity index is 1.36. The number of hydrogen-bond donors (Lipinski definition) is 2. The molecule has 0 bridgehead atoms. The molecule has 9 heteroatoms. The lowest BCUT2D eigenvalue weighted by Gasteiger charge is -2.18. The summed E-state index contributed by atoms with van der Waals surface area (Å²) in [4.78, 5) is 37.0. The molecule has 29 heavy (non-hydrogen) atoms. The second-order valence-corrected chi connectivity index (χ2v) is 7.16. The minimum absolute atomic E-state index is 0.0135. The van der Waals surface area contributed by atoms with Crippen molar-refractivity contribution in [3.63, 3.8) is 0 Å². The van der Waals surface area contributed by atoms with E-state index in [-0.39, 0.29) is 18.4 Å². The van der Waals surface area contributed by atoms with E-state index in [1.807, 2.05) is 11.4 Å². The van der Waals surface area contributed by atoms with E-state index < -0.39 is 0 Å². The largest absolute Gasteiger partial charge is 0.482 e. The highest BCUT2D eigenvalue weighted by molar-refractivity contribution is 7.14. The molecule has 8 nitrogen and oxygen atoms in total. The van der Waals surface area contributed by atoms with Crippen LogP contribution in [-0.2, 0) is 4.79 Å². The fourth-order valence-corrected chi connectivity index (χ4v) is 3.69. The SMILES string of the molecule is O=C1COc2ccc(-c3csc(NC(=O)c4ccc5nccnc5c4)n3)cc2N1. The Labute approximate surface area is 168 Å². The highest BCUT2D eigenvalue weighted by Crippen LogP contribution is 2.33. The number of hydrogen-bond acceptors (Lipinski definition) is 7. The molecular formula is C20H13N5O3S. The molecule has 2 N–H and O–H groups in total. The average Bonchev–Trinajstić information content (AvgIpc) is 3.21. The summed E-state index contributed by atoms with van der Waals surface area (Å²) in [5.74, 6) is 0.155. The number of anilines is 2. The van der Waals surface area contributed by atoms with Crippen molar-refractivity contribution in [2.75, 3.05) is 17.2 Å². The smallest absolute Gasteiger partial charge is 0.262 e. The van der Waals surface area contributed by atoms with E-state index >= 15 is 0 Å². The lowest BCUT2D eigenvalue weighted by atomic mass is 10.1. The van der Waals surface area contributed by atoms with Crippen molar-refractivity contribution in [3.8, 4) is 17.0 Å². The Morgan fingerprint density at radius 2 is 1.97 bits per heavy atom. The van der Waals surface area contributed by atoms with Gasteiger partial charge >= 0.3 is 0 Å². The van der Waals surface area contributed by atoms with Gasteiger partial charge in [-0.15, -0.1) is 11.3 Å². The normalized spacial score (nSPS) is 12.8. The van der Waals surface area contributed by atoms with Crippen LogP contribution in [-0.4, -0.2) is 33.4 Å². The van der Waals surface area contributed by atoms with Crippen molar-refractivity contribution < 1.29 is 14.3 Å². The van der Waals surface area contributed by atoms with Crippen LogP contribution in [0.4, 0.5) is 10.8 Å². The zero-order valence-corrected chi connectivity index (χ0v) is 15.7. The third-order valence-corrected chi connectivity index (χ3v) is 5.12. The molecule has 0 unspecified atom stereocenters. The van der Waals surface area contributed by atoms with Crippen LogP contribution >= 0.6 is 11.3 Å². The molecule has 0 atom stereocenters. The van der Waals surface area contributed by atoms with Crippen molar-refractivity contribution in [1.82, 2.24) is 15.0 Å². The number of ether oxygens (including phenoxy) is 1. The Kier molecular flexibility index (Phi) is 4.14. The highest BCUT2D eigenvalue weighted by Gasteiger charge is 2.17. The van der Waals surface area contributed by atoms with Crippen LogP contribution in [0.3, 0.4) is 0 Å². The molecule has 0 saturated heterocycles. The van der Waals surface area contributed by atoms with Gasteiger partial charge in [0.2, 0.25) is 0 Å². The minimum Gasteiger partial charge on any atom is -0.482 e. The number of amides is 2. The van der Waals surface area contributed by atoms with Crippen LogP contribution in [0.2, 0.25) is 0 Å². The summed E-state index contributed by atoms with van der Waals surface area (Å²) in [5, 5.41) is 7.90. The van der Waals surface area contributed by atoms with Crippen LogP contribution in [0.1, 0.15) is 10.4 Å². The zero-order valence-electron chi connectivity index (χ0n) is 14.9. The molecule has 142 valence electrons. The molecule has 0 radical (unpaired) electrons. The lowest BCUT2D eigenvalue weighted by molar-refractivity contribution is -0.118. The second kappa shape index (κ2) is 6.95. The van der Waals surface area contributed by atoms with Gasteiger partial charge in [0.1, 0.15) is 5.75 Å². The van der Waals surface area contributed by atoms with E-state index in [1.54, 1.807) is 42.7 Å². The Morgan fingerprint density at radius 3 is 2.86 bits per heavy atom. The number of nitrogens with zero attached hydrogens (tertiary/aromatic N) is 3. The number of nitrogens with one attached hydrogen (secondary N) is 2. The van der Waals surface area contributed by atoms with Crippen molar-refractivity contribution in [3.05, 3.63) is 59.7 Å². The van der Waals surface area contributed by atoms with E-state index in [9.17, 15) is 9.59 Å². The Bertz CT molecular complexity index is 1270. The van der Waals surface area contributed by atoms with Gasteiger partial charge in [-0.3, -0.25) is 24.9 Å². The summed E-state index contributed by atoms with van der Waals surface area (Å²) in [6, 6.07) is 10.6. The third kappa shape index (κ3) is 3.39. The second-order valence-electron chi connectivity index (χ2n) is 6.30. The number of fused-ring (bicyclic) bond motifs is 2. The number of rotatable bonds is 3. The minimum atomic E-state index is -0.274. The van der Waals surface area contributed by atoms with E-state index in [4.69, 9.17) is 4.74 Å². The molecule has 1 aliphatic heterocycles. The van der Waals surface area contributed by atoms with Gasteiger partial charge in [-0.25, -0.2) is 4.98 Å². The van der Waals surface area contributed by atoms with E-state index in [0.717, 1.165) is 11.1 Å². The predicted molar refractivity (Wildman–Crippen MR) is 109 cm³/mol. The maximum absolute atomic E-state index is 12.6. The van der Waals surface area contributed by atoms with Crippen LogP contribution in [0.5, 0.6) is 5.75 Å². The maximum atomic E-state index is 12.6. The first kappa shape index (κ1) is 17.3. The first-order valence-corrected chi connectivity index (χ1v) is 9.58. The third-order valence-electron chi connectivity index (χ3n) is 4.36. The molecule has 2 aromatic carbocycles. The lowest BCUT2D eigenvalue weighted by Crippen LogP contribution is -2.25. The maximum Gasteiger partial charge on any atom is 0.262 e. The van der Waals surface area contributed by atoms with Gasteiger partial charge in [0, 0.05) is 28.9 Å². The molecule has 3 heterocycles. The summed E-state index contributed by atoms with van der Waals surface area (Å²) in [5.41, 5.74) is 3.96. The monoisotopic (exact) mass is 403 g/mol. The molecule has 2 aromatic heterocycles. The van der Waals surface area contributed by atoms with Crippen LogP contribution < -0.4 is 15.4 Å². The first-order valence-electron chi connectivity index (χ1n) is 8.70. The molecule has 0 spiro atoms. The Morgan fingerprint density at radius 1 is 1.10 bits per heavy atom. The summed E-state index contributed by atoms with van der Waals surface area (Å²) < 4.78 is 5.37. The van der Waals surface area contributed by atoms with Crippen molar-refractivity contribution in [1.29, 1.82) is 0 Å². The van der Waals surface area contributed by atoms with Crippen molar-refractivity contribution in [2.24, 2.45) is 0 Å². The number of carbonyl (C=O) groups is 2. The molecule has 5 rings (SSSR count). The van der Waals surface area contributed by atoms with Gasteiger partial charge < -0.3 is 10.1 Å². The standard InChI is InChI=1S/C20H13N5O3S/c26-18-9-28-17-4-2-11(7-15(17)23-18)16-10-29-20(24-16)25-19(27)12-1-3-13-14(8-12)22-6-5-21-13/h1-8,10H,9H2,(H,23,26)(H,24,25,27). The fraction of sp³-hybridized carbons (Fsp3) is 0.0500. The highest BCUT2D eigenvalue weighted by atomic mass is 32.1. The summed E-state index contributed by atoms with van der Waals surface area (Å²) >= 11 is 1.32.